The van der Waals surface area contributed by atoms with Gasteiger partial charge in [0.2, 0.25) is 5.88 Å². The molecular weight excluding hydrogens is 572 g/mol. The molecule has 4 fully saturated rings. The van der Waals surface area contributed by atoms with E-state index in [0.717, 1.165) is 56.4 Å². The maximum atomic E-state index is 14.9. The number of benzene rings is 3. The Kier molecular flexibility index (Phi) is 6.60. The summed E-state index contributed by atoms with van der Waals surface area (Å²) < 4.78 is 35.9. The summed E-state index contributed by atoms with van der Waals surface area (Å²) in [6.07, 6.45) is 9.28. The van der Waals surface area contributed by atoms with E-state index in [4.69, 9.17) is 16.1 Å². The number of ether oxygens (including phenoxy) is 1. The van der Waals surface area contributed by atoms with E-state index >= 15 is 0 Å². The van der Waals surface area contributed by atoms with Crippen LogP contribution in [0.15, 0.2) is 42.5 Å². The van der Waals surface area contributed by atoms with E-state index in [1.807, 2.05) is 18.2 Å². The van der Waals surface area contributed by atoms with Crippen molar-refractivity contribution in [1.29, 1.82) is 5.26 Å². The van der Waals surface area contributed by atoms with Crippen molar-refractivity contribution in [1.82, 2.24) is 15.2 Å². The summed E-state index contributed by atoms with van der Waals surface area (Å²) >= 11 is 0. The zero-order valence-corrected chi connectivity index (χ0v) is 24.8. The number of hydrogen-bond acceptors (Lipinski definition) is 7. The number of nitrogens with one attached hydrogen (secondary N) is 1. The molecule has 4 aliphatic heterocycles. The second-order valence-electron chi connectivity index (χ2n) is 13.0. The van der Waals surface area contributed by atoms with Gasteiger partial charge in [-0.1, -0.05) is 24.1 Å². The third kappa shape index (κ3) is 4.57. The summed E-state index contributed by atoms with van der Waals surface area (Å²) in [5.74, 6) is 2.25. The Hall–Kier alpha value is -4.44. The summed E-state index contributed by atoms with van der Waals surface area (Å²) in [7, 11) is 0. The van der Waals surface area contributed by atoms with Crippen LogP contribution >= 0.6 is 0 Å². The summed E-state index contributed by atoms with van der Waals surface area (Å²) in [4.78, 5) is 9.38. The van der Waals surface area contributed by atoms with Crippen molar-refractivity contribution in [3.05, 3.63) is 59.4 Å². The highest BCUT2D eigenvalue weighted by molar-refractivity contribution is 6.04. The van der Waals surface area contributed by atoms with Crippen molar-refractivity contribution in [2.45, 2.75) is 55.9 Å². The van der Waals surface area contributed by atoms with Gasteiger partial charge in [0, 0.05) is 48.9 Å². The molecule has 9 heteroatoms. The van der Waals surface area contributed by atoms with Crippen LogP contribution in [0.5, 0.6) is 11.6 Å². The summed E-state index contributed by atoms with van der Waals surface area (Å²) in [5.41, 5.74) is 2.77. The van der Waals surface area contributed by atoms with Crippen LogP contribution in [-0.2, 0) is 0 Å². The van der Waals surface area contributed by atoms with E-state index in [1.165, 1.54) is 6.07 Å². The van der Waals surface area contributed by atoms with Gasteiger partial charge in [-0.3, -0.25) is 4.90 Å². The highest BCUT2D eigenvalue weighted by atomic mass is 19.1. The second kappa shape index (κ2) is 10.6. The Morgan fingerprint density at radius 1 is 1.11 bits per heavy atom. The Balaban J connectivity index is 1.29. The molecule has 0 spiro atoms. The number of hydrogen-bond donors (Lipinski definition) is 2. The van der Waals surface area contributed by atoms with E-state index in [0.29, 0.717) is 58.0 Å². The van der Waals surface area contributed by atoms with Gasteiger partial charge in [-0.25, -0.2) is 13.8 Å². The number of halogens is 2. The fraction of sp³-hybridized carbons (Fsp3) is 0.389. The van der Waals surface area contributed by atoms with E-state index in [-0.39, 0.29) is 23.8 Å². The molecule has 7 nitrogen and oxygen atoms in total. The maximum Gasteiger partial charge on any atom is 0.234 e. The molecule has 0 amide bonds. The van der Waals surface area contributed by atoms with E-state index in [2.05, 4.69) is 27.1 Å². The molecule has 3 aromatic carbocycles. The summed E-state index contributed by atoms with van der Waals surface area (Å²) in [5, 5.41) is 26.8. The number of phenolic OH excluding ortho intramolecular Hbond substituents is 1. The van der Waals surface area contributed by atoms with Crippen LogP contribution in [0.2, 0.25) is 0 Å². The number of terminal acetylenes is 1. The average Bonchev–Trinajstić information content (AvgIpc) is 3.68. The zero-order valence-electron chi connectivity index (χ0n) is 24.8. The number of fused-ring (bicyclic) bond motifs is 5. The summed E-state index contributed by atoms with van der Waals surface area (Å²) in [6, 6.07) is 14.9. The normalized spacial score (nSPS) is 25.9. The molecule has 4 saturated heterocycles. The zero-order chi connectivity index (χ0) is 30.9. The van der Waals surface area contributed by atoms with Gasteiger partial charge in [-0.05, 0) is 73.0 Å². The first-order chi connectivity index (χ1) is 21.9. The third-order valence-electron chi connectivity index (χ3n) is 10.3. The number of nitrogens with zero attached hydrogens (tertiary/aromatic N) is 4. The Bertz CT molecular complexity index is 1940. The van der Waals surface area contributed by atoms with Crippen molar-refractivity contribution >= 4 is 27.4 Å². The molecule has 0 saturated carbocycles. The van der Waals surface area contributed by atoms with Crippen molar-refractivity contribution in [2.75, 3.05) is 37.7 Å². The minimum Gasteiger partial charge on any atom is -0.508 e. The highest BCUT2D eigenvalue weighted by Crippen LogP contribution is 2.44. The quantitative estimate of drug-likeness (QED) is 0.285. The molecule has 0 unspecified atom stereocenters. The molecule has 4 aromatic rings. The topological polar surface area (TPSA) is 84.6 Å². The van der Waals surface area contributed by atoms with Gasteiger partial charge in [0.15, 0.2) is 0 Å². The minimum atomic E-state index is -0.891. The molecular formula is C36H33F2N5O2. The minimum absolute atomic E-state index is 0.0315. The van der Waals surface area contributed by atoms with Gasteiger partial charge < -0.3 is 20.1 Å². The van der Waals surface area contributed by atoms with Gasteiger partial charge in [0.05, 0.1) is 22.3 Å². The molecule has 2 N–H and O–H groups in total. The van der Waals surface area contributed by atoms with Gasteiger partial charge in [-0.2, -0.15) is 5.26 Å². The SMILES string of the molecule is C#Cc1c(F)ccc2cc(O)cc(-c3ccc4c(N5C[C@H]6CC[C@@H](C5)N6)c(C#N)c(OC[C@@]56CCCN5C[C@H](F)C6)nc4c3)c12. The lowest BCUT2D eigenvalue weighted by molar-refractivity contribution is 0.110. The van der Waals surface area contributed by atoms with Gasteiger partial charge >= 0.3 is 0 Å². The predicted octanol–water partition coefficient (Wildman–Crippen LogP) is 5.65. The highest BCUT2D eigenvalue weighted by Gasteiger charge is 2.49. The van der Waals surface area contributed by atoms with Gasteiger partial charge in [-0.15, -0.1) is 6.42 Å². The average molecular weight is 606 g/mol. The first-order valence-corrected chi connectivity index (χ1v) is 15.7. The molecule has 4 atom stereocenters. The number of nitriles is 1. The molecule has 228 valence electrons. The predicted molar refractivity (Wildman–Crippen MR) is 170 cm³/mol. The lowest BCUT2D eigenvalue weighted by atomic mass is 9.93. The largest absolute Gasteiger partial charge is 0.508 e. The molecule has 2 bridgehead atoms. The van der Waals surface area contributed by atoms with Crippen LogP contribution < -0.4 is 15.0 Å². The molecule has 5 heterocycles. The molecule has 45 heavy (non-hydrogen) atoms. The first kappa shape index (κ1) is 28.1. The number of phenols is 1. The van der Waals surface area contributed by atoms with Gasteiger partial charge in [0.25, 0.3) is 0 Å². The van der Waals surface area contributed by atoms with Gasteiger partial charge in [0.1, 0.15) is 36.0 Å². The second-order valence-corrected chi connectivity index (χ2v) is 13.0. The maximum absolute atomic E-state index is 14.9. The van der Waals surface area contributed by atoms with Crippen LogP contribution in [0.3, 0.4) is 0 Å². The Morgan fingerprint density at radius 2 is 1.93 bits per heavy atom. The smallest absolute Gasteiger partial charge is 0.234 e. The monoisotopic (exact) mass is 605 g/mol. The summed E-state index contributed by atoms with van der Waals surface area (Å²) in [6.45, 7) is 3.03. The molecule has 4 aliphatic rings. The number of rotatable bonds is 5. The van der Waals surface area contributed by atoms with E-state index in [9.17, 15) is 19.1 Å². The van der Waals surface area contributed by atoms with Crippen LogP contribution in [-0.4, -0.2) is 71.6 Å². The van der Waals surface area contributed by atoms with Crippen molar-refractivity contribution in [3.8, 4) is 41.2 Å². The lowest BCUT2D eigenvalue weighted by Crippen LogP contribution is -2.51. The Labute approximate surface area is 260 Å². The van der Waals surface area contributed by atoms with Crippen LogP contribution in [0.4, 0.5) is 14.5 Å². The van der Waals surface area contributed by atoms with Crippen LogP contribution in [0.1, 0.15) is 43.2 Å². The number of alkyl halides is 1. The number of piperazine rings is 1. The fourth-order valence-electron chi connectivity index (χ4n) is 8.35. The molecule has 0 aliphatic carbocycles. The van der Waals surface area contributed by atoms with Crippen LogP contribution in [0.25, 0.3) is 32.8 Å². The lowest BCUT2D eigenvalue weighted by Gasteiger charge is -2.36. The van der Waals surface area contributed by atoms with Crippen molar-refractivity contribution in [2.24, 2.45) is 0 Å². The number of aromatic nitrogens is 1. The molecule has 0 radical (unpaired) electrons. The number of aromatic hydroxyl groups is 1. The van der Waals surface area contributed by atoms with Crippen molar-refractivity contribution < 1.29 is 18.6 Å². The first-order valence-electron chi connectivity index (χ1n) is 15.7. The fourth-order valence-corrected chi connectivity index (χ4v) is 8.35. The van der Waals surface area contributed by atoms with E-state index in [1.54, 1.807) is 18.2 Å². The van der Waals surface area contributed by atoms with E-state index < -0.39 is 17.5 Å². The number of pyridine rings is 1. The standard InChI is InChI=1S/C36H33F2N5O2/c1-2-27-31(38)9-5-22-12-26(44)14-29(33(22)27)21-4-8-28-32(13-21)41-35(45-20-36-10-3-11-43(36)17-23(37)15-36)30(16-39)34(28)42-18-24-6-7-25(19-42)40-24/h1,4-5,8-9,12-14,23-25,40,44H,3,6-7,10-11,15,17-20H2/t23-,24-,25+,36+/m1/s1. The molecule has 1 aromatic heterocycles. The third-order valence-corrected chi connectivity index (χ3v) is 10.3. The Morgan fingerprint density at radius 3 is 2.71 bits per heavy atom. The van der Waals surface area contributed by atoms with Crippen LogP contribution in [0, 0.1) is 29.5 Å². The van der Waals surface area contributed by atoms with Crippen molar-refractivity contribution in [3.63, 3.8) is 0 Å². The number of anilines is 1. The molecule has 8 rings (SSSR count).